The van der Waals surface area contributed by atoms with Crippen molar-refractivity contribution in [2.75, 3.05) is 40.0 Å². The third-order valence-corrected chi connectivity index (χ3v) is 5.27. The number of ether oxygens (including phenoxy) is 2. The molecule has 0 bridgehead atoms. The number of morpholine rings is 1. The lowest BCUT2D eigenvalue weighted by atomic mass is 9.85. The molecule has 7 heteroatoms. The molecule has 2 unspecified atom stereocenters. The highest BCUT2D eigenvalue weighted by Crippen LogP contribution is 2.38. The summed E-state index contributed by atoms with van der Waals surface area (Å²) >= 11 is 0. The average Bonchev–Trinajstić information content (AvgIpc) is 2.65. The van der Waals surface area contributed by atoms with Crippen LogP contribution in [0.4, 0.5) is 4.79 Å². The predicted molar refractivity (Wildman–Crippen MR) is 91.4 cm³/mol. The standard InChI is InChI=1S/C18H24N2O5/c1-12(19-7-9-25-10-8-19)17-14-3-4-16(24-2)15(11-21)13(14)5-6-20(17)18(22)23/h3-4,11-12,17H,5-10H2,1-2H3,(H,22,23). The second-order valence-electron chi connectivity index (χ2n) is 6.43. The van der Waals surface area contributed by atoms with Crippen molar-refractivity contribution in [3.8, 4) is 5.75 Å². The number of aldehydes is 1. The molecule has 2 aliphatic heterocycles. The molecule has 1 fully saturated rings. The van der Waals surface area contributed by atoms with Crippen molar-refractivity contribution in [2.45, 2.75) is 25.4 Å². The van der Waals surface area contributed by atoms with Crippen LogP contribution in [0.1, 0.15) is 34.5 Å². The van der Waals surface area contributed by atoms with E-state index < -0.39 is 6.09 Å². The first kappa shape index (κ1) is 17.7. The van der Waals surface area contributed by atoms with Crippen LogP contribution in [0.5, 0.6) is 5.75 Å². The maximum atomic E-state index is 11.8. The van der Waals surface area contributed by atoms with Gasteiger partial charge >= 0.3 is 6.09 Å². The van der Waals surface area contributed by atoms with Crippen LogP contribution in [0.15, 0.2) is 12.1 Å². The Morgan fingerprint density at radius 2 is 2.08 bits per heavy atom. The van der Waals surface area contributed by atoms with Gasteiger partial charge in [0.25, 0.3) is 0 Å². The van der Waals surface area contributed by atoms with Gasteiger partial charge in [-0.15, -0.1) is 0 Å². The van der Waals surface area contributed by atoms with Crippen LogP contribution in [-0.4, -0.2) is 73.3 Å². The molecular weight excluding hydrogens is 324 g/mol. The molecule has 2 atom stereocenters. The quantitative estimate of drug-likeness (QED) is 0.836. The number of hydrogen-bond donors (Lipinski definition) is 1. The number of hydrogen-bond acceptors (Lipinski definition) is 5. The summed E-state index contributed by atoms with van der Waals surface area (Å²) in [5.41, 5.74) is 2.33. The van der Waals surface area contributed by atoms with Crippen molar-refractivity contribution in [1.29, 1.82) is 0 Å². The normalized spacial score (nSPS) is 22.2. The lowest BCUT2D eigenvalue weighted by Crippen LogP contribution is -2.52. The summed E-state index contributed by atoms with van der Waals surface area (Å²) in [7, 11) is 1.54. The van der Waals surface area contributed by atoms with Crippen LogP contribution in [0.25, 0.3) is 0 Å². The van der Waals surface area contributed by atoms with E-state index in [2.05, 4.69) is 4.90 Å². The second kappa shape index (κ2) is 7.41. The molecule has 3 rings (SSSR count). The molecule has 1 N–H and O–H groups in total. The third kappa shape index (κ3) is 3.21. The molecule has 2 aliphatic rings. The van der Waals surface area contributed by atoms with Crippen LogP contribution in [0.2, 0.25) is 0 Å². The molecule has 136 valence electrons. The van der Waals surface area contributed by atoms with E-state index in [1.165, 1.54) is 12.0 Å². The van der Waals surface area contributed by atoms with E-state index in [0.717, 1.165) is 30.5 Å². The molecule has 2 heterocycles. The molecule has 0 radical (unpaired) electrons. The SMILES string of the molecule is COc1ccc2c(c1C=O)CCN(C(=O)O)C2C(C)N1CCOCC1. The van der Waals surface area contributed by atoms with E-state index in [-0.39, 0.29) is 12.1 Å². The molecule has 0 spiro atoms. The van der Waals surface area contributed by atoms with Gasteiger partial charge in [-0.05, 0) is 30.5 Å². The fourth-order valence-electron chi connectivity index (χ4n) is 3.98. The highest BCUT2D eigenvalue weighted by molar-refractivity contribution is 5.83. The first-order chi connectivity index (χ1) is 12.1. The molecule has 0 saturated carbocycles. The molecule has 1 amide bonds. The molecule has 7 nitrogen and oxygen atoms in total. The predicted octanol–water partition coefficient (Wildman–Crippen LogP) is 1.81. The lowest BCUT2D eigenvalue weighted by molar-refractivity contribution is -0.00434. The summed E-state index contributed by atoms with van der Waals surface area (Å²) in [5, 5.41) is 9.70. The van der Waals surface area contributed by atoms with Gasteiger partial charge in [-0.3, -0.25) is 14.6 Å². The largest absolute Gasteiger partial charge is 0.496 e. The van der Waals surface area contributed by atoms with Crippen LogP contribution in [-0.2, 0) is 11.2 Å². The van der Waals surface area contributed by atoms with E-state index in [9.17, 15) is 14.7 Å². The van der Waals surface area contributed by atoms with Crippen molar-refractivity contribution in [3.05, 3.63) is 28.8 Å². The molecule has 0 aliphatic carbocycles. The van der Waals surface area contributed by atoms with Crippen molar-refractivity contribution in [3.63, 3.8) is 0 Å². The number of rotatable bonds is 4. The Kier molecular flexibility index (Phi) is 5.24. The molecule has 1 aromatic carbocycles. The van der Waals surface area contributed by atoms with Gasteiger partial charge in [0.05, 0.1) is 31.9 Å². The highest BCUT2D eigenvalue weighted by Gasteiger charge is 2.38. The van der Waals surface area contributed by atoms with Gasteiger partial charge in [0, 0.05) is 25.7 Å². The first-order valence-electron chi connectivity index (χ1n) is 8.54. The Morgan fingerprint density at radius 1 is 1.36 bits per heavy atom. The summed E-state index contributed by atoms with van der Waals surface area (Å²) in [6, 6.07) is 3.33. The Hall–Kier alpha value is -2.12. The van der Waals surface area contributed by atoms with Crippen LogP contribution in [0, 0.1) is 0 Å². The summed E-state index contributed by atoms with van der Waals surface area (Å²) < 4.78 is 10.7. The smallest absolute Gasteiger partial charge is 0.407 e. The second-order valence-corrected chi connectivity index (χ2v) is 6.43. The topological polar surface area (TPSA) is 79.3 Å². The van der Waals surface area contributed by atoms with Gasteiger partial charge < -0.3 is 14.6 Å². The minimum atomic E-state index is -0.931. The molecule has 25 heavy (non-hydrogen) atoms. The first-order valence-corrected chi connectivity index (χ1v) is 8.54. The van der Waals surface area contributed by atoms with Gasteiger partial charge in [0.2, 0.25) is 0 Å². The maximum absolute atomic E-state index is 11.8. The van der Waals surface area contributed by atoms with E-state index in [4.69, 9.17) is 9.47 Å². The van der Waals surface area contributed by atoms with Crippen molar-refractivity contribution in [2.24, 2.45) is 0 Å². The minimum Gasteiger partial charge on any atom is -0.496 e. The number of nitrogens with zero attached hydrogens (tertiary/aromatic N) is 2. The lowest BCUT2D eigenvalue weighted by Gasteiger charge is -2.44. The number of carboxylic acid groups (broad SMARTS) is 1. The summed E-state index contributed by atoms with van der Waals surface area (Å²) in [6.07, 6.45) is 0.392. The Balaban J connectivity index is 2.04. The van der Waals surface area contributed by atoms with E-state index in [1.54, 1.807) is 6.07 Å². The summed E-state index contributed by atoms with van der Waals surface area (Å²) in [4.78, 5) is 27.2. The zero-order chi connectivity index (χ0) is 18.0. The van der Waals surface area contributed by atoms with Crippen LogP contribution < -0.4 is 4.74 Å². The summed E-state index contributed by atoms with van der Waals surface area (Å²) in [5.74, 6) is 0.537. The third-order valence-electron chi connectivity index (χ3n) is 5.27. The van der Waals surface area contributed by atoms with Gasteiger partial charge in [-0.25, -0.2) is 4.79 Å². The number of benzene rings is 1. The Labute approximate surface area is 147 Å². The van der Waals surface area contributed by atoms with Crippen molar-refractivity contribution in [1.82, 2.24) is 9.80 Å². The summed E-state index contributed by atoms with van der Waals surface area (Å²) in [6.45, 7) is 5.27. The number of amides is 1. The van der Waals surface area contributed by atoms with E-state index in [0.29, 0.717) is 37.5 Å². The van der Waals surface area contributed by atoms with Crippen molar-refractivity contribution < 1.29 is 24.2 Å². The van der Waals surface area contributed by atoms with E-state index in [1.807, 2.05) is 13.0 Å². The van der Waals surface area contributed by atoms with Gasteiger partial charge in [-0.1, -0.05) is 6.07 Å². The molecule has 1 saturated heterocycles. The van der Waals surface area contributed by atoms with Crippen LogP contribution in [0.3, 0.4) is 0 Å². The minimum absolute atomic E-state index is 0.00746. The highest BCUT2D eigenvalue weighted by atomic mass is 16.5. The van der Waals surface area contributed by atoms with Gasteiger partial charge in [0.1, 0.15) is 5.75 Å². The Bertz CT molecular complexity index is 657. The number of methoxy groups -OCH3 is 1. The van der Waals surface area contributed by atoms with Crippen LogP contribution >= 0.6 is 0 Å². The number of carbonyl (C=O) groups excluding carboxylic acids is 1. The molecule has 0 aromatic heterocycles. The zero-order valence-electron chi connectivity index (χ0n) is 14.6. The number of carbonyl (C=O) groups is 2. The monoisotopic (exact) mass is 348 g/mol. The zero-order valence-corrected chi connectivity index (χ0v) is 14.6. The Morgan fingerprint density at radius 3 is 2.68 bits per heavy atom. The van der Waals surface area contributed by atoms with Crippen molar-refractivity contribution >= 4 is 12.4 Å². The molecular formula is C18H24N2O5. The molecule has 1 aromatic rings. The fourth-order valence-corrected chi connectivity index (χ4v) is 3.98. The fraction of sp³-hybridized carbons (Fsp3) is 0.556. The number of fused-ring (bicyclic) bond motifs is 1. The van der Waals surface area contributed by atoms with Gasteiger partial charge in [0.15, 0.2) is 6.29 Å². The van der Waals surface area contributed by atoms with E-state index >= 15 is 0 Å². The van der Waals surface area contributed by atoms with Gasteiger partial charge in [-0.2, -0.15) is 0 Å². The average molecular weight is 348 g/mol. The maximum Gasteiger partial charge on any atom is 0.407 e.